The zero-order valence-corrected chi connectivity index (χ0v) is 11.8. The van der Waals surface area contributed by atoms with E-state index in [1.165, 1.54) is 12.6 Å². The normalized spacial score (nSPS) is 21.4. The molecule has 96 valence electrons. The molecule has 3 nitrogen and oxygen atoms in total. The van der Waals surface area contributed by atoms with Gasteiger partial charge in [-0.3, -0.25) is 4.99 Å². The molecule has 1 aliphatic rings. The molecule has 1 saturated heterocycles. The van der Waals surface area contributed by atoms with Gasteiger partial charge in [-0.15, -0.1) is 0 Å². The van der Waals surface area contributed by atoms with Gasteiger partial charge in [0.1, 0.15) is 6.23 Å². The topological polar surface area (TPSA) is 47.6 Å². The standard InChI is InChI=1S/C14H17BrN2O/c15-12-6-2-1-5-11(12)13(8-9-16)17-14-7-3-4-10-18-14/h1-2,5-6,8-9,14H,3-4,7,10,16H2/b9-8-,17-13-. The minimum Gasteiger partial charge on any atom is -0.405 e. The summed E-state index contributed by atoms with van der Waals surface area (Å²) in [5, 5.41) is 0. The highest BCUT2D eigenvalue weighted by Crippen LogP contribution is 2.20. The summed E-state index contributed by atoms with van der Waals surface area (Å²) >= 11 is 3.54. The highest BCUT2D eigenvalue weighted by Gasteiger charge is 2.14. The van der Waals surface area contributed by atoms with Gasteiger partial charge in [-0.2, -0.15) is 0 Å². The lowest BCUT2D eigenvalue weighted by Gasteiger charge is -2.20. The van der Waals surface area contributed by atoms with E-state index in [0.29, 0.717) is 0 Å². The average molecular weight is 309 g/mol. The largest absolute Gasteiger partial charge is 0.405 e. The quantitative estimate of drug-likeness (QED) is 0.871. The van der Waals surface area contributed by atoms with Crippen molar-refractivity contribution >= 4 is 21.6 Å². The molecule has 2 rings (SSSR count). The molecular formula is C14H17BrN2O. The molecule has 0 bridgehead atoms. The second-order valence-electron chi connectivity index (χ2n) is 4.17. The zero-order chi connectivity index (χ0) is 12.8. The van der Waals surface area contributed by atoms with E-state index < -0.39 is 0 Å². The van der Waals surface area contributed by atoms with Crippen LogP contribution in [-0.4, -0.2) is 18.5 Å². The van der Waals surface area contributed by atoms with Gasteiger partial charge in [0.25, 0.3) is 0 Å². The third-order valence-electron chi connectivity index (χ3n) is 2.84. The summed E-state index contributed by atoms with van der Waals surface area (Å²) in [5.41, 5.74) is 7.40. The van der Waals surface area contributed by atoms with Crippen molar-refractivity contribution in [2.24, 2.45) is 10.7 Å². The van der Waals surface area contributed by atoms with Gasteiger partial charge in [-0.1, -0.05) is 34.1 Å². The van der Waals surface area contributed by atoms with E-state index in [-0.39, 0.29) is 6.23 Å². The molecule has 0 aliphatic carbocycles. The molecule has 0 spiro atoms. The van der Waals surface area contributed by atoms with E-state index in [9.17, 15) is 0 Å². The molecule has 1 aromatic carbocycles. The Kier molecular flexibility index (Phi) is 4.96. The van der Waals surface area contributed by atoms with E-state index in [1.807, 2.05) is 30.3 Å². The van der Waals surface area contributed by atoms with Gasteiger partial charge in [-0.25, -0.2) is 0 Å². The fourth-order valence-corrected chi connectivity index (χ4v) is 2.43. The summed E-state index contributed by atoms with van der Waals surface area (Å²) in [6, 6.07) is 7.98. The molecular weight excluding hydrogens is 292 g/mol. The van der Waals surface area contributed by atoms with Gasteiger partial charge in [0.05, 0.1) is 5.71 Å². The molecule has 1 atom stereocenters. The molecule has 1 heterocycles. The number of hydrogen-bond acceptors (Lipinski definition) is 3. The molecule has 18 heavy (non-hydrogen) atoms. The number of nitrogens with zero attached hydrogens (tertiary/aromatic N) is 1. The van der Waals surface area contributed by atoms with Crippen molar-refractivity contribution in [1.82, 2.24) is 0 Å². The van der Waals surface area contributed by atoms with Gasteiger partial charge in [-0.05, 0) is 37.6 Å². The van der Waals surface area contributed by atoms with Crippen molar-refractivity contribution < 1.29 is 4.74 Å². The average Bonchev–Trinajstić information content (AvgIpc) is 2.40. The third-order valence-corrected chi connectivity index (χ3v) is 3.53. The summed E-state index contributed by atoms with van der Waals surface area (Å²) in [6.07, 6.45) is 6.57. The second-order valence-corrected chi connectivity index (χ2v) is 5.03. The highest BCUT2D eigenvalue weighted by molar-refractivity contribution is 9.10. The number of nitrogens with two attached hydrogens (primary N) is 1. The lowest BCUT2D eigenvalue weighted by Crippen LogP contribution is -2.18. The van der Waals surface area contributed by atoms with E-state index in [2.05, 4.69) is 20.9 Å². The Balaban J connectivity index is 2.27. The maximum Gasteiger partial charge on any atom is 0.149 e. The molecule has 1 unspecified atom stereocenters. The first-order valence-electron chi connectivity index (χ1n) is 6.14. The van der Waals surface area contributed by atoms with Crippen LogP contribution in [0, 0.1) is 0 Å². The number of aliphatic imine (C=N–C) groups is 1. The van der Waals surface area contributed by atoms with Crippen LogP contribution in [-0.2, 0) is 4.74 Å². The Morgan fingerprint density at radius 3 is 2.89 bits per heavy atom. The van der Waals surface area contributed by atoms with Crippen LogP contribution < -0.4 is 5.73 Å². The number of hydrogen-bond donors (Lipinski definition) is 1. The van der Waals surface area contributed by atoms with Crippen molar-refractivity contribution in [3.8, 4) is 0 Å². The molecule has 0 aromatic heterocycles. The molecule has 0 amide bonds. The summed E-state index contributed by atoms with van der Waals surface area (Å²) in [5.74, 6) is 0. The third kappa shape index (κ3) is 3.43. The van der Waals surface area contributed by atoms with Gasteiger partial charge in [0.2, 0.25) is 0 Å². The van der Waals surface area contributed by atoms with Crippen molar-refractivity contribution in [2.45, 2.75) is 25.5 Å². The molecule has 0 saturated carbocycles. The Labute approximate surface area is 116 Å². The Bertz CT molecular complexity index is 451. The second kappa shape index (κ2) is 6.71. The number of allylic oxidation sites excluding steroid dienone is 1. The van der Waals surface area contributed by atoms with Gasteiger partial charge in [0.15, 0.2) is 0 Å². The number of halogens is 1. The van der Waals surface area contributed by atoms with Crippen LogP contribution >= 0.6 is 15.9 Å². The van der Waals surface area contributed by atoms with E-state index >= 15 is 0 Å². The Hall–Kier alpha value is -1.13. The molecule has 1 aromatic rings. The molecule has 1 fully saturated rings. The van der Waals surface area contributed by atoms with Crippen LogP contribution in [0.4, 0.5) is 0 Å². The lowest BCUT2D eigenvalue weighted by molar-refractivity contribution is 0.0224. The summed E-state index contributed by atoms with van der Waals surface area (Å²) < 4.78 is 6.65. The maximum absolute atomic E-state index is 5.64. The summed E-state index contributed by atoms with van der Waals surface area (Å²) in [7, 11) is 0. The minimum atomic E-state index is -0.0444. The number of rotatable bonds is 3. The van der Waals surface area contributed by atoms with Crippen LogP contribution in [0.2, 0.25) is 0 Å². The number of benzene rings is 1. The fourth-order valence-electron chi connectivity index (χ4n) is 1.94. The minimum absolute atomic E-state index is 0.0444. The molecule has 0 radical (unpaired) electrons. The summed E-state index contributed by atoms with van der Waals surface area (Å²) in [6.45, 7) is 0.795. The van der Waals surface area contributed by atoms with Crippen molar-refractivity contribution in [3.63, 3.8) is 0 Å². The van der Waals surface area contributed by atoms with Crippen LogP contribution in [0.15, 0.2) is 46.0 Å². The SMILES string of the molecule is N/C=C\C(=N\C1CCCCO1)c1ccccc1Br. The van der Waals surface area contributed by atoms with Crippen molar-refractivity contribution in [2.75, 3.05) is 6.61 Å². The fraction of sp³-hybridized carbons (Fsp3) is 0.357. The molecule has 1 aliphatic heterocycles. The lowest BCUT2D eigenvalue weighted by atomic mass is 10.1. The maximum atomic E-state index is 5.64. The summed E-state index contributed by atoms with van der Waals surface area (Å²) in [4.78, 5) is 4.65. The first-order chi connectivity index (χ1) is 8.81. The first-order valence-corrected chi connectivity index (χ1v) is 6.93. The van der Waals surface area contributed by atoms with E-state index in [4.69, 9.17) is 10.5 Å². The molecule has 2 N–H and O–H groups in total. The zero-order valence-electron chi connectivity index (χ0n) is 10.2. The monoisotopic (exact) mass is 308 g/mol. The van der Waals surface area contributed by atoms with Crippen LogP contribution in [0.1, 0.15) is 24.8 Å². The first kappa shape index (κ1) is 13.3. The van der Waals surface area contributed by atoms with Crippen molar-refractivity contribution in [3.05, 3.63) is 46.6 Å². The molecule has 4 heteroatoms. The predicted molar refractivity (Wildman–Crippen MR) is 77.6 cm³/mol. The van der Waals surface area contributed by atoms with Crippen molar-refractivity contribution in [1.29, 1.82) is 0 Å². The smallest absolute Gasteiger partial charge is 0.149 e. The van der Waals surface area contributed by atoms with E-state index in [1.54, 1.807) is 0 Å². The van der Waals surface area contributed by atoms with Gasteiger partial charge >= 0.3 is 0 Å². The Morgan fingerprint density at radius 1 is 1.39 bits per heavy atom. The van der Waals surface area contributed by atoms with Gasteiger partial charge < -0.3 is 10.5 Å². The Morgan fingerprint density at radius 2 is 2.22 bits per heavy atom. The number of ether oxygens (including phenoxy) is 1. The van der Waals surface area contributed by atoms with Crippen LogP contribution in [0.3, 0.4) is 0 Å². The van der Waals surface area contributed by atoms with E-state index in [0.717, 1.165) is 35.2 Å². The van der Waals surface area contributed by atoms with Gasteiger partial charge in [0, 0.05) is 16.6 Å². The predicted octanol–water partition coefficient (Wildman–Crippen LogP) is 3.24. The highest BCUT2D eigenvalue weighted by atomic mass is 79.9. The van der Waals surface area contributed by atoms with Crippen LogP contribution in [0.25, 0.3) is 0 Å². The van der Waals surface area contributed by atoms with Crippen LogP contribution in [0.5, 0.6) is 0 Å².